The minimum atomic E-state index is 0.706. The molecule has 0 aromatic carbocycles. The predicted octanol–water partition coefficient (Wildman–Crippen LogP) is 2.30. The first kappa shape index (κ1) is 6.68. The van der Waals surface area contributed by atoms with Gasteiger partial charge in [0.15, 0.2) is 0 Å². The minimum absolute atomic E-state index is 0.706. The molecule has 0 N–H and O–H groups in total. The molecule has 0 aliphatic rings. The number of pyridine rings is 1. The summed E-state index contributed by atoms with van der Waals surface area (Å²) in [6.07, 6.45) is 1.81. The molecule has 0 bridgehead atoms. The van der Waals surface area contributed by atoms with Crippen molar-refractivity contribution in [2.75, 3.05) is 0 Å². The quantitative estimate of drug-likeness (QED) is 0.549. The van der Waals surface area contributed by atoms with Gasteiger partial charge in [-0.3, -0.25) is 4.40 Å². The summed E-state index contributed by atoms with van der Waals surface area (Å²) in [5.41, 5.74) is 1.96. The van der Waals surface area contributed by atoms with Crippen LogP contribution in [-0.2, 0) is 0 Å². The summed E-state index contributed by atoms with van der Waals surface area (Å²) in [6.45, 7) is 1.98. The first-order valence-electron chi connectivity index (χ1n) is 3.37. The van der Waals surface area contributed by atoms with E-state index in [9.17, 15) is 0 Å². The number of hydrogen-bond donors (Lipinski definition) is 0. The summed E-state index contributed by atoms with van der Waals surface area (Å²) in [6, 6.07) is 5.67. The van der Waals surface area contributed by atoms with Gasteiger partial charge in [-0.2, -0.15) is 0 Å². The second-order valence-corrected chi connectivity index (χ2v) is 2.83. The fourth-order valence-electron chi connectivity index (χ4n) is 1.14. The van der Waals surface area contributed by atoms with Gasteiger partial charge in [0.1, 0.15) is 10.8 Å². The van der Waals surface area contributed by atoms with E-state index in [-0.39, 0.29) is 0 Å². The smallest absolute Gasteiger partial charge is 0.138 e. The SMILES string of the molecule is Cc1cnc2cccc(Cl)n12. The maximum absolute atomic E-state index is 5.93. The fourth-order valence-corrected chi connectivity index (χ4v) is 1.43. The van der Waals surface area contributed by atoms with Crippen molar-refractivity contribution >= 4 is 17.2 Å². The molecule has 0 aliphatic carbocycles. The van der Waals surface area contributed by atoms with E-state index < -0.39 is 0 Å². The van der Waals surface area contributed by atoms with E-state index in [4.69, 9.17) is 11.6 Å². The molecule has 56 valence electrons. The molecule has 0 aliphatic heterocycles. The number of nitrogens with zero attached hydrogens (tertiary/aromatic N) is 2. The standard InChI is InChI=1S/C8H7ClN2/c1-6-5-10-8-4-2-3-7(9)11(6)8/h2-5H,1H3. The maximum Gasteiger partial charge on any atom is 0.138 e. The Bertz CT molecular complexity index is 392. The van der Waals surface area contributed by atoms with Crippen molar-refractivity contribution < 1.29 is 0 Å². The zero-order chi connectivity index (χ0) is 7.84. The van der Waals surface area contributed by atoms with Crippen molar-refractivity contribution in [2.45, 2.75) is 6.92 Å². The van der Waals surface area contributed by atoms with Crippen LogP contribution in [0.25, 0.3) is 5.65 Å². The second kappa shape index (κ2) is 2.24. The first-order chi connectivity index (χ1) is 5.29. The van der Waals surface area contributed by atoms with Gasteiger partial charge in [0.2, 0.25) is 0 Å². The highest BCUT2D eigenvalue weighted by Crippen LogP contribution is 2.13. The summed E-state index contributed by atoms with van der Waals surface area (Å²) in [7, 11) is 0. The van der Waals surface area contributed by atoms with Crippen molar-refractivity contribution in [3.05, 3.63) is 35.2 Å². The van der Waals surface area contributed by atoms with E-state index in [1.807, 2.05) is 29.5 Å². The molecule has 0 fully saturated rings. The van der Waals surface area contributed by atoms with E-state index in [1.165, 1.54) is 0 Å². The molecular weight excluding hydrogens is 160 g/mol. The third kappa shape index (κ3) is 0.906. The number of aryl methyl sites for hydroxylation is 1. The van der Waals surface area contributed by atoms with Crippen molar-refractivity contribution in [3.8, 4) is 0 Å². The summed E-state index contributed by atoms with van der Waals surface area (Å²) in [5.74, 6) is 0. The average Bonchev–Trinajstić information content (AvgIpc) is 2.34. The van der Waals surface area contributed by atoms with Crippen molar-refractivity contribution in [3.63, 3.8) is 0 Å². The number of aromatic nitrogens is 2. The summed E-state index contributed by atoms with van der Waals surface area (Å²) >= 11 is 5.93. The van der Waals surface area contributed by atoms with Crippen molar-refractivity contribution in [1.82, 2.24) is 9.38 Å². The number of halogens is 1. The molecule has 0 atom stereocenters. The van der Waals surface area contributed by atoms with Crippen molar-refractivity contribution in [2.24, 2.45) is 0 Å². The highest BCUT2D eigenvalue weighted by atomic mass is 35.5. The Kier molecular flexibility index (Phi) is 1.36. The molecule has 2 nitrogen and oxygen atoms in total. The molecule has 0 amide bonds. The Morgan fingerprint density at radius 2 is 2.27 bits per heavy atom. The molecule has 0 saturated carbocycles. The van der Waals surface area contributed by atoms with Gasteiger partial charge in [-0.25, -0.2) is 4.98 Å². The summed E-state index contributed by atoms with van der Waals surface area (Å²) in [4.78, 5) is 4.16. The van der Waals surface area contributed by atoms with E-state index >= 15 is 0 Å². The highest BCUT2D eigenvalue weighted by molar-refractivity contribution is 6.29. The lowest BCUT2D eigenvalue weighted by molar-refractivity contribution is 1.11. The van der Waals surface area contributed by atoms with Gasteiger partial charge in [0.25, 0.3) is 0 Å². The van der Waals surface area contributed by atoms with Crippen LogP contribution in [0, 0.1) is 6.92 Å². The number of fused-ring (bicyclic) bond motifs is 1. The Hall–Kier alpha value is -1.02. The maximum atomic E-state index is 5.93. The third-order valence-corrected chi connectivity index (χ3v) is 1.95. The van der Waals surface area contributed by atoms with Gasteiger partial charge < -0.3 is 0 Å². The van der Waals surface area contributed by atoms with E-state index in [2.05, 4.69) is 4.98 Å². The first-order valence-corrected chi connectivity index (χ1v) is 3.75. The van der Waals surface area contributed by atoms with Gasteiger partial charge in [-0.1, -0.05) is 17.7 Å². The monoisotopic (exact) mass is 166 g/mol. The lowest BCUT2D eigenvalue weighted by Gasteiger charge is -1.97. The zero-order valence-corrected chi connectivity index (χ0v) is 6.84. The van der Waals surface area contributed by atoms with Crippen LogP contribution in [-0.4, -0.2) is 9.38 Å². The minimum Gasteiger partial charge on any atom is -0.287 e. The van der Waals surface area contributed by atoms with E-state index in [1.54, 1.807) is 6.20 Å². The molecule has 11 heavy (non-hydrogen) atoms. The van der Waals surface area contributed by atoms with Crippen LogP contribution < -0.4 is 0 Å². The van der Waals surface area contributed by atoms with Crippen LogP contribution in [0.3, 0.4) is 0 Å². The largest absolute Gasteiger partial charge is 0.287 e. The Balaban J connectivity index is 2.96. The van der Waals surface area contributed by atoms with Crippen LogP contribution in [0.2, 0.25) is 5.15 Å². The van der Waals surface area contributed by atoms with Crippen LogP contribution in [0.1, 0.15) is 5.69 Å². The zero-order valence-electron chi connectivity index (χ0n) is 6.08. The number of hydrogen-bond acceptors (Lipinski definition) is 1. The summed E-state index contributed by atoms with van der Waals surface area (Å²) < 4.78 is 1.90. The number of rotatable bonds is 0. The van der Waals surface area contributed by atoms with Gasteiger partial charge in [0, 0.05) is 11.9 Å². The average molecular weight is 167 g/mol. The van der Waals surface area contributed by atoms with Crippen LogP contribution in [0.5, 0.6) is 0 Å². The third-order valence-electron chi connectivity index (χ3n) is 1.66. The topological polar surface area (TPSA) is 17.3 Å². The van der Waals surface area contributed by atoms with Crippen LogP contribution >= 0.6 is 11.6 Å². The molecule has 2 heterocycles. The Morgan fingerprint density at radius 3 is 3.00 bits per heavy atom. The molecule has 2 rings (SSSR count). The second-order valence-electron chi connectivity index (χ2n) is 2.44. The Labute approximate surface area is 69.4 Å². The molecular formula is C8H7ClN2. The molecule has 3 heteroatoms. The molecule has 0 saturated heterocycles. The number of imidazole rings is 1. The Morgan fingerprint density at radius 1 is 1.45 bits per heavy atom. The van der Waals surface area contributed by atoms with E-state index in [0.29, 0.717) is 5.15 Å². The normalized spacial score (nSPS) is 10.7. The van der Waals surface area contributed by atoms with Gasteiger partial charge in [-0.05, 0) is 19.1 Å². The lowest BCUT2D eigenvalue weighted by Crippen LogP contribution is -1.87. The highest BCUT2D eigenvalue weighted by Gasteiger charge is 1.99. The molecule has 0 spiro atoms. The molecule has 2 aromatic rings. The van der Waals surface area contributed by atoms with Gasteiger partial charge in [-0.15, -0.1) is 0 Å². The molecule has 0 radical (unpaired) electrons. The fraction of sp³-hybridized carbons (Fsp3) is 0.125. The predicted molar refractivity (Wildman–Crippen MR) is 44.9 cm³/mol. The summed E-state index contributed by atoms with van der Waals surface area (Å²) in [5, 5.41) is 0.706. The van der Waals surface area contributed by atoms with E-state index in [0.717, 1.165) is 11.3 Å². The van der Waals surface area contributed by atoms with Crippen LogP contribution in [0.15, 0.2) is 24.4 Å². The molecule has 0 unspecified atom stereocenters. The van der Waals surface area contributed by atoms with Crippen molar-refractivity contribution in [1.29, 1.82) is 0 Å². The molecule has 2 aromatic heterocycles. The van der Waals surface area contributed by atoms with Gasteiger partial charge in [0.05, 0.1) is 0 Å². The lowest BCUT2D eigenvalue weighted by atomic mass is 10.4. The van der Waals surface area contributed by atoms with Gasteiger partial charge >= 0.3 is 0 Å². The van der Waals surface area contributed by atoms with Crippen LogP contribution in [0.4, 0.5) is 0 Å².